The molecule has 1 aliphatic rings. The molecule has 102 valence electrons. The highest BCUT2D eigenvalue weighted by atomic mass is 16.7. The van der Waals surface area contributed by atoms with Gasteiger partial charge in [-0.2, -0.15) is 0 Å². The normalized spacial score (nSPS) is 17.9. The first-order valence-corrected chi connectivity index (χ1v) is 6.92. The van der Waals surface area contributed by atoms with E-state index >= 15 is 0 Å². The number of rotatable bonds is 3. The molecule has 0 fully saturated rings. The molecule has 0 aliphatic carbocycles. The molecule has 0 radical (unpaired) electrons. The minimum absolute atomic E-state index is 0.184. The summed E-state index contributed by atoms with van der Waals surface area (Å²) in [6.45, 7) is 8.54. The fourth-order valence-corrected chi connectivity index (χ4v) is 2.34. The molecule has 3 nitrogen and oxygen atoms in total. The first-order chi connectivity index (χ1) is 9.02. The Morgan fingerprint density at radius 1 is 1.00 bits per heavy atom. The first-order valence-electron chi connectivity index (χ1n) is 6.92. The molecule has 0 bridgehead atoms. The van der Waals surface area contributed by atoms with Gasteiger partial charge in [0.15, 0.2) is 11.5 Å². The Morgan fingerprint density at radius 2 is 1.68 bits per heavy atom. The highest BCUT2D eigenvalue weighted by Gasteiger charge is 2.28. The van der Waals surface area contributed by atoms with Crippen molar-refractivity contribution < 1.29 is 13.9 Å². The fraction of sp³-hybridized carbons (Fsp3) is 0.500. The van der Waals surface area contributed by atoms with Crippen LogP contribution in [0.15, 0.2) is 22.6 Å². The highest BCUT2D eigenvalue weighted by Crippen LogP contribution is 2.40. The standard InChI is InChI=1S/C16H20O3/c1-9(2)5-12-6-11-7-14-15(8-13(11)17-12)19-16(18-14)10(3)4/h6-10,16H,5H2,1-4H3. The van der Waals surface area contributed by atoms with Crippen molar-refractivity contribution in [1.82, 2.24) is 0 Å². The number of hydrogen-bond donors (Lipinski definition) is 0. The quantitative estimate of drug-likeness (QED) is 0.820. The summed E-state index contributed by atoms with van der Waals surface area (Å²) in [6.07, 6.45) is 0.770. The molecule has 19 heavy (non-hydrogen) atoms. The van der Waals surface area contributed by atoms with Crippen LogP contribution >= 0.6 is 0 Å². The molecule has 0 spiro atoms. The summed E-state index contributed by atoms with van der Waals surface area (Å²) in [4.78, 5) is 0. The van der Waals surface area contributed by atoms with Crippen molar-refractivity contribution in [2.75, 3.05) is 0 Å². The van der Waals surface area contributed by atoms with Crippen LogP contribution in [-0.2, 0) is 6.42 Å². The lowest BCUT2D eigenvalue weighted by atomic mass is 10.1. The SMILES string of the molecule is CC(C)Cc1cc2cc3c(cc2o1)OC(C(C)C)O3. The van der Waals surface area contributed by atoms with Gasteiger partial charge in [-0.15, -0.1) is 0 Å². The summed E-state index contributed by atoms with van der Waals surface area (Å²) in [5, 5.41) is 1.09. The summed E-state index contributed by atoms with van der Waals surface area (Å²) in [5.41, 5.74) is 0.877. The van der Waals surface area contributed by atoms with E-state index in [1.54, 1.807) is 0 Å². The molecule has 0 amide bonds. The Labute approximate surface area is 113 Å². The van der Waals surface area contributed by atoms with Crippen molar-refractivity contribution in [3.05, 3.63) is 24.0 Å². The van der Waals surface area contributed by atoms with E-state index in [0.29, 0.717) is 11.8 Å². The van der Waals surface area contributed by atoms with Crippen LogP contribution in [-0.4, -0.2) is 6.29 Å². The summed E-state index contributed by atoms with van der Waals surface area (Å²) < 4.78 is 17.5. The van der Waals surface area contributed by atoms with Crippen LogP contribution in [0.2, 0.25) is 0 Å². The topological polar surface area (TPSA) is 31.6 Å². The van der Waals surface area contributed by atoms with Gasteiger partial charge in [-0.3, -0.25) is 0 Å². The minimum Gasteiger partial charge on any atom is -0.461 e. The van der Waals surface area contributed by atoms with E-state index in [1.807, 2.05) is 12.1 Å². The van der Waals surface area contributed by atoms with Crippen molar-refractivity contribution in [3.63, 3.8) is 0 Å². The maximum Gasteiger partial charge on any atom is 0.243 e. The van der Waals surface area contributed by atoms with Crippen LogP contribution in [0, 0.1) is 11.8 Å². The predicted molar refractivity (Wildman–Crippen MR) is 74.6 cm³/mol. The third kappa shape index (κ3) is 2.29. The molecule has 3 heteroatoms. The molecule has 1 aromatic carbocycles. The molecule has 2 heterocycles. The third-order valence-corrected chi connectivity index (χ3v) is 3.27. The van der Waals surface area contributed by atoms with Gasteiger partial charge in [0, 0.05) is 23.8 Å². The smallest absolute Gasteiger partial charge is 0.243 e. The predicted octanol–water partition coefficient (Wildman–Crippen LogP) is 4.38. The van der Waals surface area contributed by atoms with E-state index in [-0.39, 0.29) is 6.29 Å². The van der Waals surface area contributed by atoms with Crippen LogP contribution in [0.5, 0.6) is 11.5 Å². The Hall–Kier alpha value is -1.64. The number of ether oxygens (including phenoxy) is 2. The molecule has 1 aromatic heterocycles. The third-order valence-electron chi connectivity index (χ3n) is 3.27. The zero-order valence-electron chi connectivity index (χ0n) is 11.9. The van der Waals surface area contributed by atoms with E-state index in [4.69, 9.17) is 13.9 Å². The van der Waals surface area contributed by atoms with Gasteiger partial charge in [0.25, 0.3) is 0 Å². The van der Waals surface area contributed by atoms with Crippen molar-refractivity contribution in [2.24, 2.45) is 11.8 Å². The summed E-state index contributed by atoms with van der Waals surface area (Å²) in [5.74, 6) is 3.55. The van der Waals surface area contributed by atoms with Crippen molar-refractivity contribution in [1.29, 1.82) is 0 Å². The molecule has 1 aliphatic heterocycles. The van der Waals surface area contributed by atoms with Crippen LogP contribution in [0.25, 0.3) is 11.0 Å². The molecule has 0 saturated heterocycles. The van der Waals surface area contributed by atoms with Gasteiger partial charge in [-0.25, -0.2) is 0 Å². The van der Waals surface area contributed by atoms with Gasteiger partial charge in [0.05, 0.1) is 0 Å². The van der Waals surface area contributed by atoms with Gasteiger partial charge >= 0.3 is 0 Å². The molecular weight excluding hydrogens is 240 g/mol. The average molecular weight is 260 g/mol. The molecule has 0 saturated carbocycles. The van der Waals surface area contributed by atoms with E-state index in [0.717, 1.165) is 34.6 Å². The molecule has 3 rings (SSSR count). The van der Waals surface area contributed by atoms with Gasteiger partial charge in [-0.05, 0) is 18.1 Å². The number of fused-ring (bicyclic) bond motifs is 2. The van der Waals surface area contributed by atoms with Crippen molar-refractivity contribution in [3.8, 4) is 11.5 Å². The van der Waals surface area contributed by atoms with E-state index in [2.05, 4.69) is 33.8 Å². The highest BCUT2D eigenvalue weighted by molar-refractivity contribution is 5.82. The molecular formula is C16H20O3. The molecule has 2 aromatic rings. The van der Waals surface area contributed by atoms with Crippen molar-refractivity contribution >= 4 is 11.0 Å². The van der Waals surface area contributed by atoms with Crippen LogP contribution in [0.3, 0.4) is 0 Å². The zero-order chi connectivity index (χ0) is 13.6. The van der Waals surface area contributed by atoms with Gasteiger partial charge in [0.2, 0.25) is 6.29 Å². The maximum atomic E-state index is 5.86. The minimum atomic E-state index is -0.184. The van der Waals surface area contributed by atoms with Crippen LogP contribution in [0.1, 0.15) is 33.5 Å². The Morgan fingerprint density at radius 3 is 2.32 bits per heavy atom. The number of benzene rings is 1. The van der Waals surface area contributed by atoms with E-state index in [9.17, 15) is 0 Å². The second kappa shape index (κ2) is 4.48. The molecule has 1 unspecified atom stereocenters. The second-order valence-corrected chi connectivity index (χ2v) is 6.00. The lowest BCUT2D eigenvalue weighted by molar-refractivity contribution is 0.00914. The number of hydrogen-bond acceptors (Lipinski definition) is 3. The Bertz CT molecular complexity index is 552. The van der Waals surface area contributed by atoms with Crippen LogP contribution in [0.4, 0.5) is 0 Å². The lowest BCUT2D eigenvalue weighted by Crippen LogP contribution is -2.24. The van der Waals surface area contributed by atoms with Gasteiger partial charge < -0.3 is 13.9 Å². The monoisotopic (exact) mass is 260 g/mol. The Balaban J connectivity index is 1.93. The fourth-order valence-electron chi connectivity index (χ4n) is 2.34. The summed E-state index contributed by atoms with van der Waals surface area (Å²) in [7, 11) is 0. The van der Waals surface area contributed by atoms with Gasteiger partial charge in [0.1, 0.15) is 11.3 Å². The van der Waals surface area contributed by atoms with Gasteiger partial charge in [-0.1, -0.05) is 27.7 Å². The summed E-state index contributed by atoms with van der Waals surface area (Å²) in [6, 6.07) is 6.05. The first kappa shape index (κ1) is 12.4. The summed E-state index contributed by atoms with van der Waals surface area (Å²) >= 11 is 0. The molecule has 1 atom stereocenters. The zero-order valence-corrected chi connectivity index (χ0v) is 11.9. The number of furan rings is 1. The van der Waals surface area contributed by atoms with Crippen LogP contribution < -0.4 is 9.47 Å². The Kier molecular flexibility index (Phi) is 2.92. The van der Waals surface area contributed by atoms with E-state index in [1.165, 1.54) is 0 Å². The maximum absolute atomic E-state index is 5.86. The van der Waals surface area contributed by atoms with Crippen molar-refractivity contribution in [2.45, 2.75) is 40.4 Å². The van der Waals surface area contributed by atoms with E-state index < -0.39 is 0 Å². The average Bonchev–Trinajstić information content (AvgIpc) is 2.86. The molecule has 0 N–H and O–H groups in total. The second-order valence-electron chi connectivity index (χ2n) is 6.00. The lowest BCUT2D eigenvalue weighted by Gasteiger charge is -2.12. The largest absolute Gasteiger partial charge is 0.461 e.